The molecule has 1 fully saturated rings. The Hall–Kier alpha value is -0.790. The standard InChI is InChI=1S/C9H14O2/c1-2-3-4-5-8-6-7-9(10)11-8/h2-3,8H,4-7H2,1H3. The molecule has 11 heavy (non-hydrogen) atoms. The van der Waals surface area contributed by atoms with Gasteiger partial charge in [-0.15, -0.1) is 0 Å². The zero-order valence-corrected chi connectivity index (χ0v) is 6.88. The summed E-state index contributed by atoms with van der Waals surface area (Å²) in [5.74, 6) is -0.0320. The van der Waals surface area contributed by atoms with Crippen molar-refractivity contribution < 1.29 is 9.53 Å². The number of rotatable bonds is 3. The van der Waals surface area contributed by atoms with E-state index in [0.29, 0.717) is 6.42 Å². The Morgan fingerprint density at radius 1 is 1.73 bits per heavy atom. The molecular weight excluding hydrogens is 140 g/mol. The summed E-state index contributed by atoms with van der Waals surface area (Å²) in [5, 5.41) is 0. The van der Waals surface area contributed by atoms with Crippen molar-refractivity contribution in [2.45, 2.75) is 38.7 Å². The molecule has 1 unspecified atom stereocenters. The second-order valence-electron chi connectivity index (χ2n) is 2.80. The Labute approximate surface area is 67.2 Å². The molecule has 0 amide bonds. The third kappa shape index (κ3) is 2.74. The molecule has 1 aliphatic heterocycles. The van der Waals surface area contributed by atoms with Crippen LogP contribution in [0.2, 0.25) is 0 Å². The predicted octanol–water partition coefficient (Wildman–Crippen LogP) is 2.05. The molecule has 2 nitrogen and oxygen atoms in total. The molecule has 0 saturated carbocycles. The second-order valence-corrected chi connectivity index (χ2v) is 2.80. The van der Waals surface area contributed by atoms with Gasteiger partial charge in [0, 0.05) is 6.42 Å². The van der Waals surface area contributed by atoms with Crippen LogP contribution in [0.15, 0.2) is 12.2 Å². The summed E-state index contributed by atoms with van der Waals surface area (Å²) in [6.07, 6.45) is 7.85. The Kier molecular flexibility index (Phi) is 3.14. The molecule has 0 bridgehead atoms. The lowest BCUT2D eigenvalue weighted by molar-refractivity contribution is -0.141. The summed E-state index contributed by atoms with van der Waals surface area (Å²) in [4.78, 5) is 10.6. The van der Waals surface area contributed by atoms with Gasteiger partial charge in [-0.3, -0.25) is 4.79 Å². The van der Waals surface area contributed by atoms with Crippen LogP contribution in [0.4, 0.5) is 0 Å². The van der Waals surface area contributed by atoms with E-state index in [1.807, 2.05) is 13.0 Å². The molecule has 1 rings (SSSR count). The molecule has 0 aromatic heterocycles. The highest BCUT2D eigenvalue weighted by atomic mass is 16.5. The molecule has 0 radical (unpaired) electrons. The highest BCUT2D eigenvalue weighted by molar-refractivity contribution is 5.71. The average Bonchev–Trinajstić information content (AvgIpc) is 2.37. The van der Waals surface area contributed by atoms with Gasteiger partial charge in [0.15, 0.2) is 0 Å². The first-order valence-electron chi connectivity index (χ1n) is 4.13. The number of cyclic esters (lactones) is 1. The maximum atomic E-state index is 10.6. The maximum absolute atomic E-state index is 10.6. The van der Waals surface area contributed by atoms with E-state index in [2.05, 4.69) is 6.08 Å². The molecule has 0 aliphatic carbocycles. The molecule has 0 spiro atoms. The molecule has 0 aromatic carbocycles. The van der Waals surface area contributed by atoms with E-state index in [9.17, 15) is 4.79 Å². The summed E-state index contributed by atoms with van der Waals surface area (Å²) in [7, 11) is 0. The molecule has 0 aromatic rings. The topological polar surface area (TPSA) is 26.3 Å². The lowest BCUT2D eigenvalue weighted by atomic mass is 10.1. The van der Waals surface area contributed by atoms with Gasteiger partial charge in [-0.1, -0.05) is 12.2 Å². The predicted molar refractivity (Wildman–Crippen MR) is 43.2 cm³/mol. The van der Waals surface area contributed by atoms with Crippen molar-refractivity contribution in [3.8, 4) is 0 Å². The van der Waals surface area contributed by atoms with Crippen LogP contribution in [-0.2, 0) is 9.53 Å². The van der Waals surface area contributed by atoms with Gasteiger partial charge in [0.2, 0.25) is 0 Å². The quantitative estimate of drug-likeness (QED) is 0.459. The Morgan fingerprint density at radius 2 is 2.55 bits per heavy atom. The molecule has 1 heterocycles. The highest BCUT2D eigenvalue weighted by Crippen LogP contribution is 2.17. The van der Waals surface area contributed by atoms with Gasteiger partial charge in [0.25, 0.3) is 0 Å². The minimum atomic E-state index is -0.0320. The maximum Gasteiger partial charge on any atom is 0.306 e. The zero-order chi connectivity index (χ0) is 8.10. The number of hydrogen-bond donors (Lipinski definition) is 0. The largest absolute Gasteiger partial charge is 0.462 e. The smallest absolute Gasteiger partial charge is 0.306 e. The fourth-order valence-electron chi connectivity index (χ4n) is 1.23. The van der Waals surface area contributed by atoms with E-state index in [4.69, 9.17) is 4.74 Å². The summed E-state index contributed by atoms with van der Waals surface area (Å²) in [5.41, 5.74) is 0. The van der Waals surface area contributed by atoms with Gasteiger partial charge in [-0.25, -0.2) is 0 Å². The number of carbonyl (C=O) groups excluding carboxylic acids is 1. The molecule has 0 N–H and O–H groups in total. The van der Waals surface area contributed by atoms with Crippen molar-refractivity contribution in [3.63, 3.8) is 0 Å². The fourth-order valence-corrected chi connectivity index (χ4v) is 1.23. The first-order valence-corrected chi connectivity index (χ1v) is 4.13. The van der Waals surface area contributed by atoms with Crippen molar-refractivity contribution >= 4 is 5.97 Å². The number of ether oxygens (including phenoxy) is 1. The van der Waals surface area contributed by atoms with Gasteiger partial charge in [0.1, 0.15) is 6.10 Å². The van der Waals surface area contributed by atoms with Crippen molar-refractivity contribution in [2.24, 2.45) is 0 Å². The number of allylic oxidation sites excluding steroid dienone is 2. The van der Waals surface area contributed by atoms with Crippen LogP contribution in [0.3, 0.4) is 0 Å². The lowest BCUT2D eigenvalue weighted by Gasteiger charge is -2.05. The van der Waals surface area contributed by atoms with E-state index < -0.39 is 0 Å². The number of hydrogen-bond acceptors (Lipinski definition) is 2. The monoisotopic (exact) mass is 154 g/mol. The van der Waals surface area contributed by atoms with Crippen LogP contribution < -0.4 is 0 Å². The van der Waals surface area contributed by atoms with Gasteiger partial charge < -0.3 is 4.74 Å². The van der Waals surface area contributed by atoms with Crippen LogP contribution in [-0.4, -0.2) is 12.1 Å². The fraction of sp³-hybridized carbons (Fsp3) is 0.667. The third-order valence-electron chi connectivity index (χ3n) is 1.86. The first kappa shape index (κ1) is 8.31. The Morgan fingerprint density at radius 3 is 3.09 bits per heavy atom. The van der Waals surface area contributed by atoms with Gasteiger partial charge in [-0.2, -0.15) is 0 Å². The van der Waals surface area contributed by atoms with E-state index in [1.54, 1.807) is 0 Å². The van der Waals surface area contributed by atoms with E-state index in [1.165, 1.54) is 0 Å². The Bertz CT molecular complexity index is 161. The van der Waals surface area contributed by atoms with Gasteiger partial charge in [0.05, 0.1) is 0 Å². The third-order valence-corrected chi connectivity index (χ3v) is 1.86. The zero-order valence-electron chi connectivity index (χ0n) is 6.88. The minimum absolute atomic E-state index is 0.0320. The minimum Gasteiger partial charge on any atom is -0.462 e. The lowest BCUT2D eigenvalue weighted by Crippen LogP contribution is -2.05. The van der Waals surface area contributed by atoms with Gasteiger partial charge >= 0.3 is 5.97 Å². The average molecular weight is 154 g/mol. The van der Waals surface area contributed by atoms with Crippen molar-refractivity contribution in [3.05, 3.63) is 12.2 Å². The summed E-state index contributed by atoms with van der Waals surface area (Å²) in [6, 6.07) is 0. The van der Waals surface area contributed by atoms with E-state index in [-0.39, 0.29) is 12.1 Å². The molecule has 2 heteroatoms. The first-order chi connectivity index (χ1) is 5.33. The molecule has 1 aliphatic rings. The highest BCUT2D eigenvalue weighted by Gasteiger charge is 2.21. The molecule has 1 atom stereocenters. The molecular formula is C9H14O2. The van der Waals surface area contributed by atoms with E-state index >= 15 is 0 Å². The summed E-state index contributed by atoms with van der Waals surface area (Å²) < 4.78 is 5.04. The normalized spacial score (nSPS) is 24.5. The van der Waals surface area contributed by atoms with Gasteiger partial charge in [-0.05, 0) is 26.2 Å². The van der Waals surface area contributed by atoms with Crippen LogP contribution in [0, 0.1) is 0 Å². The van der Waals surface area contributed by atoms with Crippen LogP contribution in [0.25, 0.3) is 0 Å². The second kappa shape index (κ2) is 4.16. The molecule has 62 valence electrons. The number of esters is 1. The summed E-state index contributed by atoms with van der Waals surface area (Å²) in [6.45, 7) is 2.00. The van der Waals surface area contributed by atoms with Crippen LogP contribution in [0.1, 0.15) is 32.6 Å². The molecule has 1 saturated heterocycles. The van der Waals surface area contributed by atoms with Crippen molar-refractivity contribution in [1.82, 2.24) is 0 Å². The van der Waals surface area contributed by atoms with E-state index in [0.717, 1.165) is 19.3 Å². The van der Waals surface area contributed by atoms with Crippen LogP contribution in [0.5, 0.6) is 0 Å². The number of carbonyl (C=O) groups is 1. The van der Waals surface area contributed by atoms with Crippen molar-refractivity contribution in [2.75, 3.05) is 0 Å². The van der Waals surface area contributed by atoms with Crippen molar-refractivity contribution in [1.29, 1.82) is 0 Å². The van der Waals surface area contributed by atoms with Crippen LogP contribution >= 0.6 is 0 Å². The SMILES string of the molecule is CC=CCCC1CCC(=O)O1. The Balaban J connectivity index is 2.13. The summed E-state index contributed by atoms with van der Waals surface area (Å²) >= 11 is 0.